The molecule has 0 saturated carbocycles. The summed E-state index contributed by atoms with van der Waals surface area (Å²) in [6, 6.07) is 13.1. The molecule has 9 heteroatoms. The largest absolute Gasteiger partial charge is 0.478 e. The summed E-state index contributed by atoms with van der Waals surface area (Å²) in [7, 11) is 0. The molecule has 5 rings (SSSR count). The van der Waals surface area contributed by atoms with Crippen molar-refractivity contribution >= 4 is 11.7 Å². The number of halogens is 3. The number of hydrogen-bond donors (Lipinski definition) is 1. The Morgan fingerprint density at radius 3 is 2.46 bits per heavy atom. The Morgan fingerprint density at radius 1 is 1.11 bits per heavy atom. The quantitative estimate of drug-likeness (QED) is 0.461. The normalized spacial score (nSPS) is 17.5. The van der Waals surface area contributed by atoms with E-state index in [9.17, 15) is 18.0 Å². The number of alkyl halides is 3. The van der Waals surface area contributed by atoms with Crippen LogP contribution in [0.25, 0.3) is 11.1 Å². The van der Waals surface area contributed by atoms with Gasteiger partial charge in [0.25, 0.3) is 0 Å². The van der Waals surface area contributed by atoms with Crippen molar-refractivity contribution in [1.29, 1.82) is 0 Å². The number of aromatic nitrogens is 1. The van der Waals surface area contributed by atoms with Gasteiger partial charge in [-0.1, -0.05) is 29.4 Å². The third kappa shape index (κ3) is 5.22. The number of aromatic carboxylic acids is 1. The average Bonchev–Trinajstić information content (AvgIpc) is 3.30. The van der Waals surface area contributed by atoms with Crippen LogP contribution < -0.4 is 0 Å². The van der Waals surface area contributed by atoms with Crippen molar-refractivity contribution in [1.82, 2.24) is 9.88 Å². The molecular formula is C28H26F3N3O3. The average molecular weight is 510 g/mol. The number of pyridine rings is 1. The first-order valence-electron chi connectivity index (χ1n) is 12.1. The molecule has 1 spiro atoms. The highest BCUT2D eigenvalue weighted by atomic mass is 19.4. The minimum atomic E-state index is -4.42. The Labute approximate surface area is 212 Å². The summed E-state index contributed by atoms with van der Waals surface area (Å²) in [6.45, 7) is 3.18. The van der Waals surface area contributed by atoms with Gasteiger partial charge >= 0.3 is 12.1 Å². The fourth-order valence-electron chi connectivity index (χ4n) is 5.09. The summed E-state index contributed by atoms with van der Waals surface area (Å²) in [6.07, 6.45) is 0.873. The number of aryl methyl sites for hydroxylation is 1. The maximum absolute atomic E-state index is 13.7. The summed E-state index contributed by atoms with van der Waals surface area (Å²) in [5, 5.41) is 13.4. The monoisotopic (exact) mass is 509 g/mol. The van der Waals surface area contributed by atoms with E-state index in [4.69, 9.17) is 9.94 Å². The number of rotatable bonds is 5. The van der Waals surface area contributed by atoms with Crippen molar-refractivity contribution in [3.05, 3.63) is 88.7 Å². The van der Waals surface area contributed by atoms with Crippen molar-refractivity contribution in [3.63, 3.8) is 0 Å². The highest BCUT2D eigenvalue weighted by molar-refractivity contribution is 6.02. The molecule has 0 unspecified atom stereocenters. The lowest BCUT2D eigenvalue weighted by Crippen LogP contribution is -2.44. The number of oxime groups is 1. The Balaban J connectivity index is 1.30. The highest BCUT2D eigenvalue weighted by Gasteiger charge is 2.42. The zero-order chi connectivity index (χ0) is 26.2. The van der Waals surface area contributed by atoms with Crippen LogP contribution >= 0.6 is 0 Å². The fraction of sp³-hybridized carbons (Fsp3) is 0.321. The Morgan fingerprint density at radius 2 is 1.84 bits per heavy atom. The second-order valence-electron chi connectivity index (χ2n) is 9.71. The Kier molecular flexibility index (Phi) is 6.49. The lowest BCUT2D eigenvalue weighted by Gasteiger charge is -2.37. The predicted molar refractivity (Wildman–Crippen MR) is 132 cm³/mol. The van der Waals surface area contributed by atoms with Gasteiger partial charge in [-0.15, -0.1) is 0 Å². The smallest absolute Gasteiger partial charge is 0.416 e. The molecule has 2 aromatic carbocycles. The number of likely N-dealkylation sites (tertiary alicyclic amines) is 1. The van der Waals surface area contributed by atoms with Gasteiger partial charge in [-0.2, -0.15) is 13.2 Å². The zero-order valence-electron chi connectivity index (χ0n) is 20.3. The van der Waals surface area contributed by atoms with Crippen LogP contribution in [0, 0.1) is 6.92 Å². The molecule has 2 aliphatic heterocycles. The molecule has 37 heavy (non-hydrogen) atoms. The van der Waals surface area contributed by atoms with Crippen LogP contribution in [-0.2, 0) is 17.6 Å². The van der Waals surface area contributed by atoms with Crippen LogP contribution in [0.5, 0.6) is 0 Å². The molecule has 1 saturated heterocycles. The maximum atomic E-state index is 13.7. The number of piperidine rings is 1. The molecule has 0 aliphatic carbocycles. The van der Waals surface area contributed by atoms with E-state index in [0.717, 1.165) is 22.4 Å². The summed E-state index contributed by atoms with van der Waals surface area (Å²) >= 11 is 0. The Bertz CT molecular complexity index is 1330. The highest BCUT2D eigenvalue weighted by Crippen LogP contribution is 2.39. The van der Waals surface area contributed by atoms with E-state index in [-0.39, 0.29) is 11.1 Å². The second kappa shape index (κ2) is 9.63. The van der Waals surface area contributed by atoms with E-state index in [1.54, 1.807) is 48.8 Å². The van der Waals surface area contributed by atoms with Gasteiger partial charge in [0.1, 0.15) is 5.60 Å². The first kappa shape index (κ1) is 25.0. The molecule has 0 amide bonds. The van der Waals surface area contributed by atoms with Crippen LogP contribution in [0.15, 0.2) is 66.1 Å². The number of carbonyl (C=O) groups is 1. The van der Waals surface area contributed by atoms with Crippen LogP contribution in [0.4, 0.5) is 13.2 Å². The van der Waals surface area contributed by atoms with Gasteiger partial charge in [0.2, 0.25) is 0 Å². The topological polar surface area (TPSA) is 75.0 Å². The van der Waals surface area contributed by atoms with Gasteiger partial charge in [0.15, 0.2) is 0 Å². The number of carboxylic acid groups (broad SMARTS) is 1. The third-order valence-electron chi connectivity index (χ3n) is 7.19. The molecule has 3 aromatic rings. The minimum Gasteiger partial charge on any atom is -0.478 e. The van der Waals surface area contributed by atoms with Gasteiger partial charge in [0.05, 0.1) is 16.8 Å². The molecule has 2 aliphatic rings. The Hall–Kier alpha value is -3.72. The van der Waals surface area contributed by atoms with Crippen LogP contribution in [-0.4, -0.2) is 45.4 Å². The molecule has 3 heterocycles. The SMILES string of the molecule is Cc1cc(-c2cccnc2)c(CN2CCC3(CC2)CC(c2ccc(C(=O)O)cc2)=NO3)cc1C(F)(F)F. The van der Waals surface area contributed by atoms with E-state index in [0.29, 0.717) is 44.5 Å². The lowest BCUT2D eigenvalue weighted by atomic mass is 9.85. The van der Waals surface area contributed by atoms with Crippen molar-refractivity contribution in [3.8, 4) is 11.1 Å². The molecular weight excluding hydrogens is 483 g/mol. The van der Waals surface area contributed by atoms with E-state index in [1.165, 1.54) is 13.0 Å². The van der Waals surface area contributed by atoms with Gasteiger partial charge in [-0.05, 0) is 53.4 Å². The first-order valence-corrected chi connectivity index (χ1v) is 12.1. The molecule has 1 aromatic heterocycles. The zero-order valence-corrected chi connectivity index (χ0v) is 20.3. The molecule has 0 bridgehead atoms. The predicted octanol–water partition coefficient (Wildman–Crippen LogP) is 5.93. The van der Waals surface area contributed by atoms with Crippen molar-refractivity contribution in [2.75, 3.05) is 13.1 Å². The van der Waals surface area contributed by atoms with Crippen LogP contribution in [0.1, 0.15) is 51.9 Å². The van der Waals surface area contributed by atoms with Gasteiger partial charge in [-0.3, -0.25) is 9.88 Å². The summed E-state index contributed by atoms with van der Waals surface area (Å²) in [4.78, 5) is 23.3. The molecule has 192 valence electrons. The minimum absolute atomic E-state index is 0.188. The summed E-state index contributed by atoms with van der Waals surface area (Å²) in [5.41, 5.74) is 3.09. The standard InChI is InChI=1S/C28H26F3N3O3/c1-18-13-23(21-3-2-10-32-16-21)22(14-24(18)28(29,30)31)17-34-11-8-27(9-12-34)15-25(33-37-27)19-4-6-20(7-5-19)26(35)36/h2-7,10,13-14,16H,8-9,11-12,15,17H2,1H3,(H,35,36). The van der Waals surface area contributed by atoms with Gasteiger partial charge in [0, 0.05) is 56.9 Å². The van der Waals surface area contributed by atoms with E-state index >= 15 is 0 Å². The summed E-state index contributed by atoms with van der Waals surface area (Å²) in [5.74, 6) is -0.984. The van der Waals surface area contributed by atoms with Crippen molar-refractivity contribution < 1.29 is 27.9 Å². The molecule has 1 N–H and O–H groups in total. The molecule has 6 nitrogen and oxygen atoms in total. The molecule has 0 atom stereocenters. The fourth-order valence-corrected chi connectivity index (χ4v) is 5.09. The first-order chi connectivity index (χ1) is 17.6. The van der Waals surface area contributed by atoms with E-state index < -0.39 is 23.3 Å². The number of carboxylic acids is 1. The number of hydrogen-bond acceptors (Lipinski definition) is 5. The van der Waals surface area contributed by atoms with Crippen molar-refractivity contribution in [2.24, 2.45) is 5.16 Å². The van der Waals surface area contributed by atoms with Gasteiger partial charge < -0.3 is 9.94 Å². The lowest BCUT2D eigenvalue weighted by molar-refractivity contribution is -0.138. The van der Waals surface area contributed by atoms with Crippen molar-refractivity contribution in [2.45, 2.75) is 44.5 Å². The second-order valence-corrected chi connectivity index (χ2v) is 9.71. The van der Waals surface area contributed by atoms with Crippen LogP contribution in [0.2, 0.25) is 0 Å². The summed E-state index contributed by atoms with van der Waals surface area (Å²) < 4.78 is 41.1. The number of nitrogens with zero attached hydrogens (tertiary/aromatic N) is 3. The van der Waals surface area contributed by atoms with E-state index in [2.05, 4.69) is 15.0 Å². The van der Waals surface area contributed by atoms with Gasteiger partial charge in [-0.25, -0.2) is 4.79 Å². The van der Waals surface area contributed by atoms with Crippen LogP contribution in [0.3, 0.4) is 0 Å². The molecule has 0 radical (unpaired) electrons. The third-order valence-corrected chi connectivity index (χ3v) is 7.19. The van der Waals surface area contributed by atoms with E-state index in [1.807, 2.05) is 6.07 Å². The molecule has 1 fully saturated rings. The maximum Gasteiger partial charge on any atom is 0.416 e. The number of benzene rings is 2.